The number of carbonyl (C=O) groups excluding carboxylic acids is 1. The van der Waals surface area contributed by atoms with Gasteiger partial charge in [-0.3, -0.25) is 9.69 Å². The van der Waals surface area contributed by atoms with E-state index in [4.69, 9.17) is 0 Å². The van der Waals surface area contributed by atoms with Gasteiger partial charge in [-0.25, -0.2) is 9.37 Å². The smallest absolute Gasteiger partial charge is 0.230 e. The zero-order valence-corrected chi connectivity index (χ0v) is 14.3. The molecular weight excluding hydrogens is 325 g/mol. The number of hydrogen-bond acceptors (Lipinski definition) is 4. The standard InChI is InChI=1S/C18H20FN3OS/c19-15-3-1-2-14(10-15)11-22-8-5-18(17(22)23)4-7-21(13-18)12-16-20-6-9-24-16/h1-3,6,9-10H,4-5,7-8,11-13H2/t18-/m0/s1. The second-order valence-electron chi connectivity index (χ2n) is 6.77. The fraction of sp³-hybridized carbons (Fsp3) is 0.444. The summed E-state index contributed by atoms with van der Waals surface area (Å²) in [6.07, 6.45) is 3.64. The number of aromatic nitrogens is 1. The van der Waals surface area contributed by atoms with Crippen molar-refractivity contribution < 1.29 is 9.18 Å². The van der Waals surface area contributed by atoms with E-state index in [9.17, 15) is 9.18 Å². The summed E-state index contributed by atoms with van der Waals surface area (Å²) in [5.41, 5.74) is 0.614. The quantitative estimate of drug-likeness (QED) is 0.855. The van der Waals surface area contributed by atoms with Crippen LogP contribution in [-0.2, 0) is 17.9 Å². The molecule has 1 aromatic heterocycles. The molecule has 0 saturated carbocycles. The van der Waals surface area contributed by atoms with E-state index in [-0.39, 0.29) is 17.1 Å². The van der Waals surface area contributed by atoms with E-state index in [1.807, 2.05) is 22.5 Å². The van der Waals surface area contributed by atoms with Crippen LogP contribution < -0.4 is 0 Å². The highest BCUT2D eigenvalue weighted by molar-refractivity contribution is 7.09. The molecule has 24 heavy (non-hydrogen) atoms. The van der Waals surface area contributed by atoms with Crippen LogP contribution in [0, 0.1) is 11.2 Å². The maximum absolute atomic E-state index is 13.3. The first-order valence-corrected chi connectivity index (χ1v) is 9.17. The average molecular weight is 345 g/mol. The Kier molecular flexibility index (Phi) is 4.10. The minimum Gasteiger partial charge on any atom is -0.338 e. The third-order valence-electron chi connectivity index (χ3n) is 5.14. The van der Waals surface area contributed by atoms with Crippen molar-refractivity contribution in [1.82, 2.24) is 14.8 Å². The number of rotatable bonds is 4. The highest BCUT2D eigenvalue weighted by Gasteiger charge is 2.50. The summed E-state index contributed by atoms with van der Waals surface area (Å²) >= 11 is 1.66. The average Bonchev–Trinajstić information content (AvgIpc) is 3.27. The van der Waals surface area contributed by atoms with Crippen molar-refractivity contribution in [2.45, 2.75) is 25.9 Å². The molecule has 1 atom stereocenters. The van der Waals surface area contributed by atoms with Crippen molar-refractivity contribution in [3.8, 4) is 0 Å². The predicted octanol–water partition coefficient (Wildman–Crippen LogP) is 2.91. The van der Waals surface area contributed by atoms with Crippen molar-refractivity contribution >= 4 is 17.2 Å². The van der Waals surface area contributed by atoms with E-state index in [0.29, 0.717) is 6.54 Å². The molecule has 4 rings (SSSR count). The van der Waals surface area contributed by atoms with Gasteiger partial charge in [0.1, 0.15) is 10.8 Å². The SMILES string of the molecule is O=C1N(Cc2cccc(F)c2)CC[C@]12CCN(Cc1nccs1)C2. The summed E-state index contributed by atoms with van der Waals surface area (Å²) in [7, 11) is 0. The van der Waals surface area contributed by atoms with Crippen LogP contribution in [0.1, 0.15) is 23.4 Å². The van der Waals surface area contributed by atoms with E-state index in [2.05, 4.69) is 9.88 Å². The van der Waals surface area contributed by atoms with Crippen molar-refractivity contribution in [3.05, 3.63) is 52.2 Å². The lowest BCUT2D eigenvalue weighted by atomic mass is 9.85. The molecule has 4 nitrogen and oxygen atoms in total. The molecule has 0 unspecified atom stereocenters. The van der Waals surface area contributed by atoms with E-state index in [0.717, 1.165) is 49.6 Å². The fourth-order valence-corrected chi connectivity index (χ4v) is 4.55. The summed E-state index contributed by atoms with van der Waals surface area (Å²) < 4.78 is 13.3. The van der Waals surface area contributed by atoms with Crippen LogP contribution >= 0.6 is 11.3 Å². The second kappa shape index (κ2) is 6.26. The minimum atomic E-state index is -0.246. The first kappa shape index (κ1) is 15.7. The van der Waals surface area contributed by atoms with Gasteiger partial charge in [0.05, 0.1) is 12.0 Å². The van der Waals surface area contributed by atoms with E-state index >= 15 is 0 Å². The molecule has 2 aliphatic heterocycles. The maximum Gasteiger partial charge on any atom is 0.230 e. The summed E-state index contributed by atoms with van der Waals surface area (Å²) in [6.45, 7) is 3.85. The lowest BCUT2D eigenvalue weighted by molar-refractivity contribution is -0.136. The molecule has 2 aromatic rings. The van der Waals surface area contributed by atoms with E-state index in [1.165, 1.54) is 12.1 Å². The first-order chi connectivity index (χ1) is 11.6. The monoisotopic (exact) mass is 345 g/mol. The summed E-state index contributed by atoms with van der Waals surface area (Å²) in [4.78, 5) is 21.5. The van der Waals surface area contributed by atoms with Crippen LogP contribution in [0.15, 0.2) is 35.8 Å². The Hall–Kier alpha value is -1.79. The molecule has 1 aromatic carbocycles. The Morgan fingerprint density at radius 3 is 2.92 bits per heavy atom. The second-order valence-corrected chi connectivity index (χ2v) is 7.75. The van der Waals surface area contributed by atoms with Crippen molar-refractivity contribution in [3.63, 3.8) is 0 Å². The minimum absolute atomic E-state index is 0.230. The third kappa shape index (κ3) is 2.96. The Labute approximate surface area is 144 Å². The molecule has 0 radical (unpaired) electrons. The molecule has 0 aliphatic carbocycles. The molecule has 1 spiro atoms. The first-order valence-electron chi connectivity index (χ1n) is 8.29. The maximum atomic E-state index is 13.3. The number of halogens is 1. The number of carbonyl (C=O) groups is 1. The molecule has 2 fully saturated rings. The predicted molar refractivity (Wildman–Crippen MR) is 90.9 cm³/mol. The zero-order valence-electron chi connectivity index (χ0n) is 13.4. The van der Waals surface area contributed by atoms with Gasteiger partial charge in [-0.15, -0.1) is 11.3 Å². The topological polar surface area (TPSA) is 36.4 Å². The molecule has 0 bridgehead atoms. The molecule has 2 aliphatic rings. The zero-order chi connectivity index (χ0) is 16.6. The van der Waals surface area contributed by atoms with Gasteiger partial charge in [0.15, 0.2) is 0 Å². The lowest BCUT2D eigenvalue weighted by Crippen LogP contribution is -2.36. The summed E-state index contributed by atoms with van der Waals surface area (Å²) in [5.74, 6) is -0.0160. The Bertz CT molecular complexity index is 736. The van der Waals surface area contributed by atoms with Crippen molar-refractivity contribution in [2.24, 2.45) is 5.41 Å². The van der Waals surface area contributed by atoms with Crippen LogP contribution in [0.3, 0.4) is 0 Å². The normalized spacial score (nSPS) is 24.4. The Morgan fingerprint density at radius 1 is 1.25 bits per heavy atom. The molecule has 6 heteroatoms. The fourth-order valence-electron chi connectivity index (χ4n) is 3.89. The third-order valence-corrected chi connectivity index (χ3v) is 5.90. The summed E-state index contributed by atoms with van der Waals surface area (Å²) in [5, 5.41) is 3.09. The summed E-state index contributed by atoms with van der Waals surface area (Å²) in [6, 6.07) is 6.53. The van der Waals surface area contributed by atoms with E-state index < -0.39 is 0 Å². The Balaban J connectivity index is 1.41. The van der Waals surface area contributed by atoms with Gasteiger partial charge in [-0.1, -0.05) is 12.1 Å². The largest absolute Gasteiger partial charge is 0.338 e. The number of benzene rings is 1. The highest BCUT2D eigenvalue weighted by atomic mass is 32.1. The van der Waals surface area contributed by atoms with Gasteiger partial charge in [0.25, 0.3) is 0 Å². The van der Waals surface area contributed by atoms with Crippen LogP contribution in [-0.4, -0.2) is 40.3 Å². The molecule has 1 amide bonds. The van der Waals surface area contributed by atoms with Gasteiger partial charge >= 0.3 is 0 Å². The lowest BCUT2D eigenvalue weighted by Gasteiger charge is -2.23. The number of nitrogens with zero attached hydrogens (tertiary/aromatic N) is 3. The Morgan fingerprint density at radius 2 is 2.12 bits per heavy atom. The van der Waals surface area contributed by atoms with Crippen LogP contribution in [0.2, 0.25) is 0 Å². The van der Waals surface area contributed by atoms with Gasteiger partial charge in [0.2, 0.25) is 5.91 Å². The molecule has 3 heterocycles. The molecule has 2 saturated heterocycles. The van der Waals surface area contributed by atoms with Crippen LogP contribution in [0.4, 0.5) is 4.39 Å². The van der Waals surface area contributed by atoms with Crippen molar-refractivity contribution in [1.29, 1.82) is 0 Å². The number of hydrogen-bond donors (Lipinski definition) is 0. The van der Waals surface area contributed by atoms with Gasteiger partial charge in [-0.2, -0.15) is 0 Å². The van der Waals surface area contributed by atoms with Crippen LogP contribution in [0.25, 0.3) is 0 Å². The van der Waals surface area contributed by atoms with Gasteiger partial charge < -0.3 is 4.90 Å². The van der Waals surface area contributed by atoms with Gasteiger partial charge in [-0.05, 0) is 37.1 Å². The highest BCUT2D eigenvalue weighted by Crippen LogP contribution is 2.41. The molecular formula is C18H20FN3OS. The van der Waals surface area contributed by atoms with Gasteiger partial charge in [0, 0.05) is 31.2 Å². The van der Waals surface area contributed by atoms with Crippen molar-refractivity contribution in [2.75, 3.05) is 19.6 Å². The van der Waals surface area contributed by atoms with E-state index in [1.54, 1.807) is 17.4 Å². The number of likely N-dealkylation sites (tertiary alicyclic amines) is 2. The number of thiazole rings is 1. The van der Waals surface area contributed by atoms with Crippen LogP contribution in [0.5, 0.6) is 0 Å². The molecule has 0 N–H and O–H groups in total. The molecule has 126 valence electrons. The number of amides is 1.